The van der Waals surface area contributed by atoms with Gasteiger partial charge in [0.25, 0.3) is 0 Å². The summed E-state index contributed by atoms with van der Waals surface area (Å²) in [6.45, 7) is 3.32. The molecule has 1 aliphatic rings. The van der Waals surface area contributed by atoms with Gasteiger partial charge in [-0.1, -0.05) is 47.7 Å². The number of hydrogen-bond acceptors (Lipinski definition) is 13. The third-order valence-electron chi connectivity index (χ3n) is 5.47. The summed E-state index contributed by atoms with van der Waals surface area (Å²) < 4.78 is 29.0. The van der Waals surface area contributed by atoms with E-state index in [1.165, 1.54) is 6.92 Å². The number of nitrogen functional groups attached to an aromatic ring is 1. The van der Waals surface area contributed by atoms with E-state index in [0.717, 1.165) is 35.3 Å². The first-order chi connectivity index (χ1) is 18.6. The number of thiazole rings is 1. The minimum absolute atomic E-state index is 0.0661. The fourth-order valence-corrected chi connectivity index (χ4v) is 4.90. The van der Waals surface area contributed by atoms with Gasteiger partial charge in [0, 0.05) is 20.8 Å². The molecule has 2 aromatic heterocycles. The number of esters is 3. The predicted molar refractivity (Wildman–Crippen MR) is 139 cm³/mol. The van der Waals surface area contributed by atoms with E-state index in [2.05, 4.69) is 9.97 Å². The molecule has 1 fully saturated rings. The summed E-state index contributed by atoms with van der Waals surface area (Å²) in [5, 5.41) is 0. The van der Waals surface area contributed by atoms with Crippen molar-refractivity contribution in [2.45, 2.75) is 45.3 Å². The Balaban J connectivity index is 1.69. The van der Waals surface area contributed by atoms with Crippen LogP contribution in [0.5, 0.6) is 5.88 Å². The van der Waals surface area contributed by atoms with Crippen LogP contribution in [0.25, 0.3) is 16.4 Å². The number of nitrogens with two attached hydrogens (primary N) is 1. The average molecular weight is 559 g/mol. The van der Waals surface area contributed by atoms with Crippen molar-refractivity contribution in [3.8, 4) is 5.88 Å². The molecular weight excluding hydrogens is 532 g/mol. The van der Waals surface area contributed by atoms with E-state index in [-0.39, 0.29) is 35.4 Å². The lowest BCUT2D eigenvalue weighted by atomic mass is 10.1. The Morgan fingerprint density at radius 3 is 2.41 bits per heavy atom. The summed E-state index contributed by atoms with van der Waals surface area (Å²) in [7, 11) is 0. The number of rotatable bonds is 9. The van der Waals surface area contributed by atoms with Crippen molar-refractivity contribution in [2.24, 2.45) is 0 Å². The van der Waals surface area contributed by atoms with Crippen molar-refractivity contribution in [2.75, 3.05) is 18.9 Å². The third-order valence-corrected chi connectivity index (χ3v) is 6.40. The predicted octanol–water partition coefficient (Wildman–Crippen LogP) is 1.85. The maximum Gasteiger partial charge on any atom is 0.311 e. The molecule has 0 aliphatic carbocycles. The zero-order valence-corrected chi connectivity index (χ0v) is 22.1. The van der Waals surface area contributed by atoms with Gasteiger partial charge in [-0.3, -0.25) is 23.7 Å². The van der Waals surface area contributed by atoms with E-state index in [1.807, 2.05) is 36.4 Å². The first kappa shape index (κ1) is 27.7. The van der Waals surface area contributed by atoms with Gasteiger partial charge in [-0.15, -0.1) is 0 Å². The van der Waals surface area contributed by atoms with Crippen molar-refractivity contribution in [3.05, 3.63) is 51.6 Å². The molecular formula is C25H26N4O9S. The number of ether oxygens (including phenoxy) is 5. The van der Waals surface area contributed by atoms with Gasteiger partial charge in [-0.05, 0) is 11.6 Å². The van der Waals surface area contributed by atoms with Crippen molar-refractivity contribution in [1.82, 2.24) is 14.5 Å². The number of benzene rings is 1. The van der Waals surface area contributed by atoms with E-state index in [0.29, 0.717) is 0 Å². The maximum absolute atomic E-state index is 13.2. The van der Waals surface area contributed by atoms with Crippen LogP contribution in [0, 0.1) is 0 Å². The van der Waals surface area contributed by atoms with E-state index in [1.54, 1.807) is 6.08 Å². The lowest BCUT2D eigenvalue weighted by Gasteiger charge is -2.23. The Labute approximate surface area is 226 Å². The second-order valence-electron chi connectivity index (χ2n) is 8.42. The zero-order chi connectivity index (χ0) is 28.1. The van der Waals surface area contributed by atoms with Crippen LogP contribution in [-0.2, 0) is 33.3 Å². The second kappa shape index (κ2) is 12.0. The topological polar surface area (TPSA) is 171 Å². The Morgan fingerprint density at radius 2 is 1.74 bits per heavy atom. The lowest BCUT2D eigenvalue weighted by molar-refractivity contribution is -0.166. The minimum Gasteiger partial charge on any atom is -0.472 e. The normalized spacial score (nSPS) is 20.7. The highest BCUT2D eigenvalue weighted by Crippen LogP contribution is 2.37. The van der Waals surface area contributed by atoms with Gasteiger partial charge >= 0.3 is 22.8 Å². The summed E-state index contributed by atoms with van der Waals surface area (Å²) >= 11 is 0.775. The molecule has 0 amide bonds. The number of aromatic nitrogens is 3. The number of carbonyl (C=O) groups is 3. The zero-order valence-electron chi connectivity index (χ0n) is 21.3. The molecule has 1 saturated heterocycles. The van der Waals surface area contributed by atoms with Crippen LogP contribution in [0.15, 0.2) is 41.2 Å². The van der Waals surface area contributed by atoms with Crippen molar-refractivity contribution < 1.29 is 38.1 Å². The number of carbonyl (C=O) groups excluding carboxylic acids is 3. The van der Waals surface area contributed by atoms with Gasteiger partial charge in [0.1, 0.15) is 24.0 Å². The molecule has 4 rings (SSSR count). The SMILES string of the molecule is CC(=O)OC[C@H]1O[C@@H](n2c(=O)sc3c(OCC=Cc4ccccc4)nc(N)nc32)[C@H](OC(C)=O)[C@@H]1OC(C)=O. The van der Waals surface area contributed by atoms with Gasteiger partial charge in [-0.2, -0.15) is 9.97 Å². The Kier molecular flexibility index (Phi) is 8.56. The molecule has 0 saturated carbocycles. The molecule has 39 heavy (non-hydrogen) atoms. The standard InChI is InChI=1S/C25H26N4O9S/c1-13(30)35-12-17-18(36-14(2)31)19(37-15(3)32)23(38-17)29-21-20(39-25(29)33)22(28-24(26)27-21)34-11-7-10-16-8-5-4-6-9-16/h4-10,17-19,23H,11-12H2,1-3H3,(H2,26,27,28)/t17-,18-,19-,23-/m1/s1. The lowest BCUT2D eigenvalue weighted by Crippen LogP contribution is -2.41. The third kappa shape index (κ3) is 6.59. The van der Waals surface area contributed by atoms with E-state index < -0.39 is 47.3 Å². The molecule has 0 unspecified atom stereocenters. The molecule has 0 radical (unpaired) electrons. The highest BCUT2D eigenvalue weighted by Gasteiger charge is 2.51. The summed E-state index contributed by atoms with van der Waals surface area (Å²) in [5.41, 5.74) is 6.97. The Morgan fingerprint density at radius 1 is 1.05 bits per heavy atom. The fourth-order valence-electron chi connectivity index (χ4n) is 4.01. The van der Waals surface area contributed by atoms with Crippen LogP contribution in [0.4, 0.5) is 5.95 Å². The van der Waals surface area contributed by atoms with Crippen molar-refractivity contribution in [1.29, 1.82) is 0 Å². The molecule has 0 spiro atoms. The molecule has 206 valence electrons. The molecule has 3 heterocycles. The molecule has 1 aromatic carbocycles. The van der Waals surface area contributed by atoms with Gasteiger partial charge < -0.3 is 29.4 Å². The summed E-state index contributed by atoms with van der Waals surface area (Å²) in [6, 6.07) is 9.59. The highest BCUT2D eigenvalue weighted by atomic mass is 32.1. The highest BCUT2D eigenvalue weighted by molar-refractivity contribution is 7.16. The number of anilines is 1. The van der Waals surface area contributed by atoms with Crippen LogP contribution in [-0.4, -0.2) is 64.0 Å². The first-order valence-corrected chi connectivity index (χ1v) is 12.6. The Bertz CT molecular complexity index is 1450. The summed E-state index contributed by atoms with van der Waals surface area (Å²) in [4.78, 5) is 56.2. The van der Waals surface area contributed by atoms with E-state index in [9.17, 15) is 19.2 Å². The molecule has 13 nitrogen and oxygen atoms in total. The average Bonchev–Trinajstić information content (AvgIpc) is 3.36. The number of fused-ring (bicyclic) bond motifs is 1. The molecule has 1 aliphatic heterocycles. The van der Waals surface area contributed by atoms with Gasteiger partial charge in [0.15, 0.2) is 24.1 Å². The van der Waals surface area contributed by atoms with E-state index in [4.69, 9.17) is 29.4 Å². The van der Waals surface area contributed by atoms with Crippen LogP contribution in [0.2, 0.25) is 0 Å². The number of nitrogens with zero attached hydrogens (tertiary/aromatic N) is 3. The maximum atomic E-state index is 13.2. The first-order valence-electron chi connectivity index (χ1n) is 11.8. The molecule has 2 N–H and O–H groups in total. The van der Waals surface area contributed by atoms with Crippen LogP contribution in [0.3, 0.4) is 0 Å². The van der Waals surface area contributed by atoms with Gasteiger partial charge in [0.05, 0.1) is 0 Å². The fraction of sp³-hybridized carbons (Fsp3) is 0.360. The molecule has 3 aromatic rings. The van der Waals surface area contributed by atoms with E-state index >= 15 is 0 Å². The van der Waals surface area contributed by atoms with Crippen LogP contribution >= 0.6 is 11.3 Å². The summed E-state index contributed by atoms with van der Waals surface area (Å²) in [6.07, 6.45) is -1.15. The van der Waals surface area contributed by atoms with Crippen molar-refractivity contribution in [3.63, 3.8) is 0 Å². The smallest absolute Gasteiger partial charge is 0.311 e. The van der Waals surface area contributed by atoms with Crippen LogP contribution < -0.4 is 15.3 Å². The quantitative estimate of drug-likeness (QED) is 0.299. The second-order valence-corrected chi connectivity index (χ2v) is 9.38. The summed E-state index contributed by atoms with van der Waals surface area (Å²) in [5.74, 6) is -2.11. The van der Waals surface area contributed by atoms with Gasteiger partial charge in [0.2, 0.25) is 11.8 Å². The Hall–Kier alpha value is -4.30. The monoisotopic (exact) mass is 558 g/mol. The molecule has 0 bridgehead atoms. The van der Waals surface area contributed by atoms with Gasteiger partial charge in [-0.25, -0.2) is 0 Å². The minimum atomic E-state index is -1.29. The molecule has 4 atom stereocenters. The van der Waals surface area contributed by atoms with Crippen LogP contribution in [0.1, 0.15) is 32.6 Å². The molecule has 14 heteroatoms. The van der Waals surface area contributed by atoms with Crippen molar-refractivity contribution >= 4 is 51.6 Å². The largest absolute Gasteiger partial charge is 0.472 e. The number of hydrogen-bond donors (Lipinski definition) is 1.